The summed E-state index contributed by atoms with van der Waals surface area (Å²) in [6.45, 7) is 8.86. The third-order valence-corrected chi connectivity index (χ3v) is 7.01. The average molecular weight is 426 g/mol. The van der Waals surface area contributed by atoms with Gasteiger partial charge in [-0.25, -0.2) is 0 Å². The number of nitrogens with zero attached hydrogens (tertiary/aromatic N) is 3. The van der Waals surface area contributed by atoms with E-state index in [4.69, 9.17) is 4.74 Å². The van der Waals surface area contributed by atoms with E-state index in [-0.39, 0.29) is 0 Å². The molecule has 6 nitrogen and oxygen atoms in total. The summed E-state index contributed by atoms with van der Waals surface area (Å²) in [5.41, 5.74) is 2.91. The number of rotatable bonds is 7. The van der Waals surface area contributed by atoms with Crippen LogP contribution in [0.5, 0.6) is 0 Å². The summed E-state index contributed by atoms with van der Waals surface area (Å²) >= 11 is 0. The van der Waals surface area contributed by atoms with E-state index in [0.717, 1.165) is 58.4 Å². The summed E-state index contributed by atoms with van der Waals surface area (Å²) < 4.78 is 5.56. The number of anilines is 1. The lowest BCUT2D eigenvalue weighted by Crippen LogP contribution is -2.51. The molecule has 0 spiro atoms. The summed E-state index contributed by atoms with van der Waals surface area (Å²) in [6.07, 6.45) is 11.1. The van der Waals surface area contributed by atoms with Crippen molar-refractivity contribution in [2.75, 3.05) is 64.4 Å². The van der Waals surface area contributed by atoms with Crippen molar-refractivity contribution in [1.29, 1.82) is 0 Å². The first kappa shape index (κ1) is 22.2. The minimum absolute atomic E-state index is 0.346. The predicted octanol–water partition coefficient (Wildman–Crippen LogP) is 3.01. The van der Waals surface area contributed by atoms with Crippen LogP contribution in [0.2, 0.25) is 0 Å². The molecule has 2 fully saturated rings. The third-order valence-electron chi connectivity index (χ3n) is 7.01. The second kappa shape index (κ2) is 11.0. The fraction of sp³-hybridized carbons (Fsp3) is 0.640. The number of hydrogen-bond acceptors (Lipinski definition) is 4. The lowest BCUT2D eigenvalue weighted by Gasteiger charge is -2.42. The molecule has 3 aliphatic rings. The van der Waals surface area contributed by atoms with Gasteiger partial charge >= 0.3 is 0 Å². The summed E-state index contributed by atoms with van der Waals surface area (Å²) in [5.74, 6) is 0.903. The van der Waals surface area contributed by atoms with Crippen molar-refractivity contribution in [3.05, 3.63) is 42.0 Å². The van der Waals surface area contributed by atoms with Crippen LogP contribution in [0.1, 0.15) is 37.7 Å². The van der Waals surface area contributed by atoms with E-state index in [1.807, 2.05) is 7.05 Å². The first-order valence-corrected chi connectivity index (χ1v) is 12.0. The van der Waals surface area contributed by atoms with E-state index in [1.165, 1.54) is 49.9 Å². The highest BCUT2D eigenvalue weighted by Crippen LogP contribution is 2.36. The summed E-state index contributed by atoms with van der Waals surface area (Å²) in [4.78, 5) is 9.46. The quantitative estimate of drug-likeness (QED) is 0.400. The fourth-order valence-corrected chi connectivity index (χ4v) is 5.12. The zero-order chi connectivity index (χ0) is 21.4. The topological polar surface area (TPSA) is 52.1 Å². The molecule has 0 aromatic heterocycles. The Kier molecular flexibility index (Phi) is 7.86. The lowest BCUT2D eigenvalue weighted by atomic mass is 9.73. The Morgan fingerprint density at radius 3 is 2.39 bits per heavy atom. The number of ether oxygens (including phenoxy) is 1. The van der Waals surface area contributed by atoms with Crippen LogP contribution in [0, 0.1) is 5.41 Å². The van der Waals surface area contributed by atoms with Gasteiger partial charge in [0.05, 0.1) is 13.2 Å². The fourth-order valence-electron chi connectivity index (χ4n) is 5.12. The third kappa shape index (κ3) is 6.23. The molecule has 4 rings (SSSR count). The zero-order valence-corrected chi connectivity index (χ0v) is 19.1. The Morgan fingerprint density at radius 1 is 1.00 bits per heavy atom. The smallest absolute Gasteiger partial charge is 0.191 e. The molecule has 0 unspecified atom stereocenters. The van der Waals surface area contributed by atoms with Gasteiger partial charge in [-0.05, 0) is 30.5 Å². The van der Waals surface area contributed by atoms with Crippen LogP contribution in [0.25, 0.3) is 0 Å². The number of benzene rings is 1. The molecule has 2 N–H and O–H groups in total. The molecule has 31 heavy (non-hydrogen) atoms. The Bertz CT molecular complexity index is 725. The molecular weight excluding hydrogens is 386 g/mol. The Balaban J connectivity index is 1.28. The van der Waals surface area contributed by atoms with Crippen molar-refractivity contribution in [1.82, 2.24) is 15.5 Å². The van der Waals surface area contributed by atoms with Crippen LogP contribution in [-0.4, -0.2) is 70.4 Å². The van der Waals surface area contributed by atoms with E-state index in [9.17, 15) is 0 Å². The second-order valence-electron chi connectivity index (χ2n) is 9.27. The minimum atomic E-state index is 0.346. The number of nitrogens with one attached hydrogen (secondary N) is 2. The molecule has 0 amide bonds. The molecule has 1 aliphatic carbocycles. The average Bonchev–Trinajstić information content (AvgIpc) is 3.36. The summed E-state index contributed by atoms with van der Waals surface area (Å²) in [7, 11) is 1.87. The van der Waals surface area contributed by atoms with Crippen LogP contribution >= 0.6 is 0 Å². The van der Waals surface area contributed by atoms with Crippen molar-refractivity contribution in [3.63, 3.8) is 0 Å². The Hall–Kier alpha value is -2.05. The number of aliphatic imine (C=N–C) groups is 1. The molecule has 0 atom stereocenters. The van der Waals surface area contributed by atoms with Crippen molar-refractivity contribution < 1.29 is 4.74 Å². The van der Waals surface area contributed by atoms with Gasteiger partial charge < -0.3 is 20.3 Å². The largest absolute Gasteiger partial charge is 0.379 e. The van der Waals surface area contributed by atoms with Crippen LogP contribution < -0.4 is 15.5 Å². The minimum Gasteiger partial charge on any atom is -0.379 e. The SMILES string of the molecule is CN=C(NCc1ccc(N2CC=CC2)cc1)NCC1(CN2CCOCC2)CCCCC1. The highest BCUT2D eigenvalue weighted by molar-refractivity contribution is 5.79. The Labute approximate surface area is 187 Å². The number of hydrogen-bond donors (Lipinski definition) is 2. The molecule has 6 heteroatoms. The molecular formula is C25H39N5O. The van der Waals surface area contributed by atoms with E-state index < -0.39 is 0 Å². The molecule has 1 saturated heterocycles. The van der Waals surface area contributed by atoms with Crippen LogP contribution in [0.3, 0.4) is 0 Å². The first-order valence-electron chi connectivity index (χ1n) is 12.0. The van der Waals surface area contributed by atoms with Gasteiger partial charge in [0.15, 0.2) is 5.96 Å². The maximum Gasteiger partial charge on any atom is 0.191 e. The first-order chi connectivity index (χ1) is 15.3. The van der Waals surface area contributed by atoms with Crippen molar-refractivity contribution >= 4 is 11.6 Å². The van der Waals surface area contributed by atoms with Gasteiger partial charge in [0.25, 0.3) is 0 Å². The van der Waals surface area contributed by atoms with Gasteiger partial charge in [-0.2, -0.15) is 0 Å². The monoisotopic (exact) mass is 425 g/mol. The van der Waals surface area contributed by atoms with Gasteiger partial charge in [0.1, 0.15) is 0 Å². The van der Waals surface area contributed by atoms with Gasteiger partial charge in [-0.1, -0.05) is 43.5 Å². The zero-order valence-electron chi connectivity index (χ0n) is 19.1. The molecule has 0 bridgehead atoms. The van der Waals surface area contributed by atoms with E-state index >= 15 is 0 Å². The number of guanidine groups is 1. The standard InChI is InChI=1S/C25H39N5O/c1-26-24(27-19-22-7-9-23(10-8-22)30-13-5-6-14-30)28-20-25(11-3-2-4-12-25)21-29-15-17-31-18-16-29/h5-10H,2-4,11-21H2,1H3,(H2,26,27,28). The summed E-state index contributed by atoms with van der Waals surface area (Å²) in [5, 5.41) is 7.17. The molecule has 2 heterocycles. The molecule has 170 valence electrons. The maximum atomic E-state index is 5.56. The van der Waals surface area contributed by atoms with Crippen molar-refractivity contribution in [2.24, 2.45) is 10.4 Å². The highest BCUT2D eigenvalue weighted by atomic mass is 16.5. The van der Waals surface area contributed by atoms with E-state index in [1.54, 1.807) is 0 Å². The summed E-state index contributed by atoms with van der Waals surface area (Å²) in [6, 6.07) is 8.88. The molecule has 1 saturated carbocycles. The van der Waals surface area contributed by atoms with Gasteiger partial charge in [0, 0.05) is 64.0 Å². The van der Waals surface area contributed by atoms with Gasteiger partial charge in [-0.15, -0.1) is 0 Å². The van der Waals surface area contributed by atoms with E-state index in [2.05, 4.69) is 61.8 Å². The molecule has 1 aromatic rings. The van der Waals surface area contributed by atoms with Crippen LogP contribution in [-0.2, 0) is 11.3 Å². The lowest BCUT2D eigenvalue weighted by molar-refractivity contribution is 0.00820. The van der Waals surface area contributed by atoms with Gasteiger partial charge in [0.2, 0.25) is 0 Å². The predicted molar refractivity (Wildman–Crippen MR) is 129 cm³/mol. The maximum absolute atomic E-state index is 5.56. The van der Waals surface area contributed by atoms with E-state index in [0.29, 0.717) is 5.41 Å². The molecule has 1 aromatic carbocycles. The molecule has 0 radical (unpaired) electrons. The Morgan fingerprint density at radius 2 is 1.71 bits per heavy atom. The van der Waals surface area contributed by atoms with Crippen molar-refractivity contribution in [3.8, 4) is 0 Å². The van der Waals surface area contributed by atoms with Crippen LogP contribution in [0.4, 0.5) is 5.69 Å². The molecule has 2 aliphatic heterocycles. The van der Waals surface area contributed by atoms with Gasteiger partial charge in [-0.3, -0.25) is 9.89 Å². The highest BCUT2D eigenvalue weighted by Gasteiger charge is 2.34. The number of morpholine rings is 1. The normalized spacial score (nSPS) is 22.0. The van der Waals surface area contributed by atoms with Crippen LogP contribution in [0.15, 0.2) is 41.4 Å². The second-order valence-corrected chi connectivity index (χ2v) is 9.27. The van der Waals surface area contributed by atoms with Crippen molar-refractivity contribution in [2.45, 2.75) is 38.6 Å².